The number of hydrogen-bond acceptors (Lipinski definition) is 6. The van der Waals surface area contributed by atoms with E-state index in [1.54, 1.807) is 0 Å². The van der Waals surface area contributed by atoms with Gasteiger partial charge in [0.2, 0.25) is 5.89 Å². The fourth-order valence-corrected chi connectivity index (χ4v) is 4.19. The minimum absolute atomic E-state index is 0.0582. The maximum absolute atomic E-state index is 13.0. The van der Waals surface area contributed by atoms with Gasteiger partial charge in [0.25, 0.3) is 5.91 Å². The molecule has 26 heavy (non-hydrogen) atoms. The van der Waals surface area contributed by atoms with Crippen molar-refractivity contribution in [3.63, 3.8) is 0 Å². The lowest BCUT2D eigenvalue weighted by molar-refractivity contribution is 0.0705. The minimum atomic E-state index is -0.135. The highest BCUT2D eigenvalue weighted by atomic mass is 32.1. The Morgan fingerprint density at radius 2 is 2.00 bits per heavy atom. The highest BCUT2D eigenvalue weighted by molar-refractivity contribution is 7.13. The molecular weight excluding hydrogens is 348 g/mol. The minimum Gasteiger partial charge on any atom is -0.337 e. The molecule has 0 N–H and O–H groups in total. The van der Waals surface area contributed by atoms with Crippen LogP contribution >= 0.6 is 11.3 Å². The van der Waals surface area contributed by atoms with E-state index >= 15 is 0 Å². The van der Waals surface area contributed by atoms with E-state index in [9.17, 15) is 4.79 Å². The average molecular weight is 366 g/mol. The van der Waals surface area contributed by atoms with Crippen LogP contribution in [0.15, 0.2) is 40.2 Å². The molecule has 1 amide bonds. The van der Waals surface area contributed by atoms with Crippen LogP contribution in [0, 0.1) is 0 Å². The first-order valence-electron chi connectivity index (χ1n) is 8.95. The number of benzene rings is 1. The smallest absolute Gasteiger partial charge is 0.274 e. The van der Waals surface area contributed by atoms with Crippen molar-refractivity contribution in [1.29, 1.82) is 0 Å². The third-order valence-corrected chi connectivity index (χ3v) is 5.83. The third kappa shape index (κ3) is 2.82. The molecule has 132 valence electrons. The van der Waals surface area contributed by atoms with E-state index in [1.165, 1.54) is 11.3 Å². The summed E-state index contributed by atoms with van der Waals surface area (Å²) in [6, 6.07) is 9.79. The molecule has 1 aliphatic carbocycles. The van der Waals surface area contributed by atoms with Crippen molar-refractivity contribution in [2.24, 2.45) is 0 Å². The van der Waals surface area contributed by atoms with Crippen molar-refractivity contribution in [3.8, 4) is 10.6 Å². The normalized spacial score (nSPS) is 19.8. The zero-order valence-corrected chi connectivity index (χ0v) is 15.0. The number of carbonyl (C=O) groups excluding carboxylic acids is 1. The average Bonchev–Trinajstić information content (AvgIpc) is 3.12. The summed E-state index contributed by atoms with van der Waals surface area (Å²) in [5.74, 6) is 1.75. The lowest BCUT2D eigenvalue weighted by Crippen LogP contribution is -2.31. The summed E-state index contributed by atoms with van der Waals surface area (Å²) in [5, 5.41) is 6.79. The molecule has 5 rings (SSSR count). The monoisotopic (exact) mass is 366 g/mol. The van der Waals surface area contributed by atoms with Crippen LogP contribution in [-0.4, -0.2) is 32.5 Å². The zero-order chi connectivity index (χ0) is 17.5. The van der Waals surface area contributed by atoms with E-state index < -0.39 is 0 Å². The van der Waals surface area contributed by atoms with Crippen LogP contribution in [0.5, 0.6) is 0 Å². The molecule has 2 aromatic heterocycles. The molecule has 1 saturated heterocycles. The van der Waals surface area contributed by atoms with E-state index in [0.29, 0.717) is 24.0 Å². The molecule has 1 unspecified atom stereocenters. The fraction of sp³-hybridized carbons (Fsp3) is 0.368. The number of likely N-dealkylation sites (tertiary alicyclic amines) is 1. The number of carbonyl (C=O) groups is 1. The molecule has 3 heterocycles. The molecule has 6 nitrogen and oxygen atoms in total. The van der Waals surface area contributed by atoms with Crippen LogP contribution in [0.3, 0.4) is 0 Å². The predicted octanol–water partition coefficient (Wildman–Crippen LogP) is 4.05. The Bertz CT molecular complexity index is 932. The number of amides is 1. The largest absolute Gasteiger partial charge is 0.337 e. The van der Waals surface area contributed by atoms with Crippen LogP contribution in [0.25, 0.3) is 10.6 Å². The molecule has 1 saturated carbocycles. The first-order chi connectivity index (χ1) is 12.8. The second kappa shape index (κ2) is 6.32. The van der Waals surface area contributed by atoms with E-state index in [4.69, 9.17) is 4.52 Å². The summed E-state index contributed by atoms with van der Waals surface area (Å²) in [5.41, 5.74) is 1.52. The van der Waals surface area contributed by atoms with Crippen molar-refractivity contribution < 1.29 is 9.32 Å². The molecule has 2 fully saturated rings. The molecule has 1 aromatic carbocycles. The summed E-state index contributed by atoms with van der Waals surface area (Å²) < 4.78 is 5.47. The first-order valence-corrected chi connectivity index (χ1v) is 9.83. The second-order valence-electron chi connectivity index (χ2n) is 6.83. The van der Waals surface area contributed by atoms with Crippen LogP contribution in [0.4, 0.5) is 0 Å². The van der Waals surface area contributed by atoms with Gasteiger partial charge in [-0.3, -0.25) is 4.79 Å². The van der Waals surface area contributed by atoms with Crippen LogP contribution < -0.4 is 0 Å². The Balaban J connectivity index is 1.38. The SMILES string of the molecule is O=C(c1csc(-c2ccccc2)n1)N1CCCC1c1nc(C2CC2)no1. The number of aromatic nitrogens is 3. The van der Waals surface area contributed by atoms with E-state index in [1.807, 2.05) is 40.6 Å². The van der Waals surface area contributed by atoms with Crippen molar-refractivity contribution in [1.82, 2.24) is 20.0 Å². The zero-order valence-electron chi connectivity index (χ0n) is 14.2. The van der Waals surface area contributed by atoms with Gasteiger partial charge in [-0.1, -0.05) is 35.5 Å². The summed E-state index contributed by atoms with van der Waals surface area (Å²) in [6.45, 7) is 0.697. The van der Waals surface area contributed by atoms with Crippen LogP contribution in [-0.2, 0) is 0 Å². The number of hydrogen-bond donors (Lipinski definition) is 0. The van der Waals surface area contributed by atoms with Gasteiger partial charge in [-0.05, 0) is 25.7 Å². The molecule has 0 bridgehead atoms. The molecule has 7 heteroatoms. The van der Waals surface area contributed by atoms with Gasteiger partial charge in [-0.15, -0.1) is 11.3 Å². The van der Waals surface area contributed by atoms with Gasteiger partial charge in [0, 0.05) is 23.4 Å². The van der Waals surface area contributed by atoms with Crippen molar-refractivity contribution in [2.75, 3.05) is 6.54 Å². The van der Waals surface area contributed by atoms with E-state index in [0.717, 1.165) is 42.1 Å². The van der Waals surface area contributed by atoms with Crippen molar-refractivity contribution >= 4 is 17.2 Å². The number of thiazole rings is 1. The maximum Gasteiger partial charge on any atom is 0.274 e. The predicted molar refractivity (Wildman–Crippen MR) is 96.8 cm³/mol. The summed E-state index contributed by atoms with van der Waals surface area (Å²) in [7, 11) is 0. The lowest BCUT2D eigenvalue weighted by atomic mass is 10.2. The Hall–Kier alpha value is -2.54. The molecule has 3 aromatic rings. The number of nitrogens with zero attached hydrogens (tertiary/aromatic N) is 4. The topological polar surface area (TPSA) is 72.1 Å². The van der Waals surface area contributed by atoms with Gasteiger partial charge in [-0.25, -0.2) is 4.98 Å². The molecule has 0 spiro atoms. The van der Waals surface area contributed by atoms with Crippen LogP contribution in [0.2, 0.25) is 0 Å². The standard InChI is InChI=1S/C19H18N4O2S/c24-19(14-11-26-18(20-14)13-5-2-1-3-6-13)23-10-4-7-15(23)17-21-16(22-25-17)12-8-9-12/h1-3,5-6,11-12,15H,4,7-10H2. The second-order valence-corrected chi connectivity index (χ2v) is 7.68. The Kier molecular flexibility index (Phi) is 3.81. The van der Waals surface area contributed by atoms with E-state index in [-0.39, 0.29) is 11.9 Å². The third-order valence-electron chi connectivity index (χ3n) is 4.94. The summed E-state index contributed by atoms with van der Waals surface area (Å²) in [6.07, 6.45) is 4.06. The first kappa shape index (κ1) is 15.7. The highest BCUT2D eigenvalue weighted by Crippen LogP contribution is 2.40. The number of rotatable bonds is 4. The molecule has 0 radical (unpaired) electrons. The van der Waals surface area contributed by atoms with Crippen LogP contribution in [0.1, 0.15) is 59.8 Å². The van der Waals surface area contributed by atoms with Gasteiger partial charge in [-0.2, -0.15) is 4.98 Å². The van der Waals surface area contributed by atoms with Gasteiger partial charge in [0.1, 0.15) is 16.7 Å². The maximum atomic E-state index is 13.0. The van der Waals surface area contributed by atoms with E-state index in [2.05, 4.69) is 15.1 Å². The highest BCUT2D eigenvalue weighted by Gasteiger charge is 2.37. The molecular formula is C19H18N4O2S. The molecule has 1 aliphatic heterocycles. The van der Waals surface area contributed by atoms with Gasteiger partial charge in [0.15, 0.2) is 5.82 Å². The van der Waals surface area contributed by atoms with Gasteiger partial charge >= 0.3 is 0 Å². The Morgan fingerprint density at radius 3 is 2.81 bits per heavy atom. The van der Waals surface area contributed by atoms with Crippen molar-refractivity contribution in [3.05, 3.63) is 53.1 Å². The van der Waals surface area contributed by atoms with Gasteiger partial charge < -0.3 is 9.42 Å². The van der Waals surface area contributed by atoms with Crippen molar-refractivity contribution in [2.45, 2.75) is 37.6 Å². The Morgan fingerprint density at radius 1 is 1.15 bits per heavy atom. The molecule has 2 aliphatic rings. The quantitative estimate of drug-likeness (QED) is 0.696. The summed E-state index contributed by atoms with van der Waals surface area (Å²) in [4.78, 5) is 23.9. The lowest BCUT2D eigenvalue weighted by Gasteiger charge is -2.20. The summed E-state index contributed by atoms with van der Waals surface area (Å²) >= 11 is 1.49. The fourth-order valence-electron chi connectivity index (χ4n) is 3.39. The van der Waals surface area contributed by atoms with Gasteiger partial charge in [0.05, 0.1) is 0 Å². The molecule has 1 atom stereocenters. The Labute approximate surface area is 154 Å².